The largest absolute Gasteiger partial charge is 0.0654 e. The molecule has 0 N–H and O–H groups in total. The van der Waals surface area contributed by atoms with Crippen LogP contribution in [-0.4, -0.2) is 0 Å². The summed E-state index contributed by atoms with van der Waals surface area (Å²) in [6.07, 6.45) is 10.6. The van der Waals surface area contributed by atoms with Gasteiger partial charge in [0.05, 0.1) is 0 Å². The Hall–Kier alpha value is 0. The maximum atomic E-state index is 2.43. The van der Waals surface area contributed by atoms with E-state index in [4.69, 9.17) is 0 Å². The number of unbranched alkanes of at least 4 members (excludes halogenated alkanes) is 5. The summed E-state index contributed by atoms with van der Waals surface area (Å²) in [5, 5.41) is 0. The van der Waals surface area contributed by atoms with Gasteiger partial charge in [0, 0.05) is 0 Å². The molecule has 0 heterocycles. The molecule has 0 saturated carbocycles. The first-order valence-electron chi connectivity index (χ1n) is 5.09. The highest BCUT2D eigenvalue weighted by Gasteiger charge is 1.93. The lowest BCUT2D eigenvalue weighted by Gasteiger charge is -2.03. The molecular weight excluding hydrogens is 132 g/mol. The minimum Gasteiger partial charge on any atom is -0.0654 e. The lowest BCUT2D eigenvalue weighted by atomic mass is 10.0. The average Bonchev–Trinajstić information content (AvgIpc) is 1.96. The summed E-state index contributed by atoms with van der Waals surface area (Å²) in [6.45, 7) is 6.84. The van der Waals surface area contributed by atoms with Crippen molar-refractivity contribution in [1.29, 1.82) is 0 Å². The predicted molar refractivity (Wildman–Crippen MR) is 52.5 cm³/mol. The molecule has 0 heteroatoms. The monoisotopic (exact) mass is 155 g/mol. The molecule has 0 aromatic heterocycles. The minimum atomic E-state index is 0.890. The molecule has 0 amide bonds. The third-order valence-electron chi connectivity index (χ3n) is 1.93. The van der Waals surface area contributed by atoms with E-state index in [2.05, 4.69) is 27.2 Å². The maximum Gasteiger partial charge on any atom is -0.0386 e. The van der Waals surface area contributed by atoms with Crippen LogP contribution >= 0.6 is 0 Å². The fourth-order valence-electron chi connectivity index (χ4n) is 1.19. The Morgan fingerprint density at radius 3 is 2.36 bits per heavy atom. The van der Waals surface area contributed by atoms with Crippen LogP contribution in [0.25, 0.3) is 0 Å². The Morgan fingerprint density at radius 1 is 1.09 bits per heavy atom. The van der Waals surface area contributed by atoms with Gasteiger partial charge in [-0.2, -0.15) is 0 Å². The number of hydrogen-bond donors (Lipinski definition) is 0. The van der Waals surface area contributed by atoms with Gasteiger partial charge in [-0.05, 0) is 12.3 Å². The topological polar surface area (TPSA) is 0 Å². The van der Waals surface area contributed by atoms with E-state index in [1.54, 1.807) is 0 Å². The Morgan fingerprint density at radius 2 is 1.82 bits per heavy atom. The molecule has 0 fully saturated rings. The summed E-state index contributed by atoms with van der Waals surface area (Å²) < 4.78 is 0. The highest BCUT2D eigenvalue weighted by Crippen LogP contribution is 2.10. The molecule has 11 heavy (non-hydrogen) atoms. The quantitative estimate of drug-likeness (QED) is 0.483. The summed E-state index contributed by atoms with van der Waals surface area (Å²) >= 11 is 0. The van der Waals surface area contributed by atoms with Gasteiger partial charge >= 0.3 is 0 Å². The summed E-state index contributed by atoms with van der Waals surface area (Å²) in [5.74, 6) is 0.890. The Balaban J connectivity index is 2.80. The summed E-state index contributed by atoms with van der Waals surface area (Å²) in [7, 11) is 0. The van der Waals surface area contributed by atoms with Crippen LogP contribution in [0.15, 0.2) is 0 Å². The molecule has 1 radical (unpaired) electrons. The molecule has 0 spiro atoms. The van der Waals surface area contributed by atoms with E-state index in [1.165, 1.54) is 38.5 Å². The van der Waals surface area contributed by atoms with Crippen LogP contribution in [0.4, 0.5) is 0 Å². The molecule has 67 valence electrons. The first-order valence-corrected chi connectivity index (χ1v) is 5.09. The van der Waals surface area contributed by atoms with E-state index in [0.29, 0.717) is 0 Å². The van der Waals surface area contributed by atoms with Gasteiger partial charge in [-0.3, -0.25) is 0 Å². The van der Waals surface area contributed by atoms with E-state index in [1.807, 2.05) is 0 Å². The van der Waals surface area contributed by atoms with Crippen molar-refractivity contribution in [2.45, 2.75) is 59.3 Å². The third kappa shape index (κ3) is 10.0. The first-order chi connectivity index (χ1) is 5.27. The maximum absolute atomic E-state index is 2.43. The minimum absolute atomic E-state index is 0.890. The standard InChI is InChI=1S/C11H23/c1-4-5-6-7-8-9-10-11(2)3/h6,11H,4-5,7-10H2,1-3H3. The second-order valence-electron chi connectivity index (χ2n) is 3.76. The Bertz CT molecular complexity index is 64.4. The van der Waals surface area contributed by atoms with E-state index in [-0.39, 0.29) is 0 Å². The molecule has 0 bridgehead atoms. The van der Waals surface area contributed by atoms with Gasteiger partial charge in [0.15, 0.2) is 0 Å². The van der Waals surface area contributed by atoms with Gasteiger partial charge in [-0.1, -0.05) is 59.3 Å². The zero-order valence-corrected chi connectivity index (χ0v) is 8.40. The molecule has 0 aliphatic carbocycles. The van der Waals surface area contributed by atoms with Crippen molar-refractivity contribution in [3.8, 4) is 0 Å². The van der Waals surface area contributed by atoms with Gasteiger partial charge in [0.1, 0.15) is 0 Å². The van der Waals surface area contributed by atoms with Gasteiger partial charge in [0.25, 0.3) is 0 Å². The van der Waals surface area contributed by atoms with Crippen molar-refractivity contribution in [3.05, 3.63) is 6.42 Å². The van der Waals surface area contributed by atoms with Gasteiger partial charge in [0.2, 0.25) is 0 Å². The zero-order chi connectivity index (χ0) is 8.53. The molecule has 0 aromatic carbocycles. The SMILES string of the molecule is CCC[CH]CCCCC(C)C. The summed E-state index contributed by atoms with van der Waals surface area (Å²) in [5.41, 5.74) is 0. The Kier molecular flexibility index (Phi) is 8.10. The second-order valence-corrected chi connectivity index (χ2v) is 3.76. The summed E-state index contributed by atoms with van der Waals surface area (Å²) in [6, 6.07) is 0. The van der Waals surface area contributed by atoms with Crippen LogP contribution in [0, 0.1) is 12.3 Å². The van der Waals surface area contributed by atoms with Gasteiger partial charge in [-0.25, -0.2) is 0 Å². The molecule has 0 nitrogen and oxygen atoms in total. The highest BCUT2D eigenvalue weighted by molar-refractivity contribution is 4.63. The highest BCUT2D eigenvalue weighted by atomic mass is 14.0. The van der Waals surface area contributed by atoms with E-state index < -0.39 is 0 Å². The second kappa shape index (κ2) is 8.10. The third-order valence-corrected chi connectivity index (χ3v) is 1.93. The molecule has 0 atom stereocenters. The molecule has 0 rings (SSSR count). The lowest BCUT2D eigenvalue weighted by Crippen LogP contribution is -1.87. The van der Waals surface area contributed by atoms with Crippen molar-refractivity contribution in [2.75, 3.05) is 0 Å². The van der Waals surface area contributed by atoms with Crippen LogP contribution in [0.5, 0.6) is 0 Å². The molecule has 0 aliphatic heterocycles. The van der Waals surface area contributed by atoms with E-state index in [9.17, 15) is 0 Å². The molecule has 0 unspecified atom stereocenters. The fourth-order valence-corrected chi connectivity index (χ4v) is 1.19. The van der Waals surface area contributed by atoms with Crippen molar-refractivity contribution >= 4 is 0 Å². The predicted octanol–water partition coefficient (Wildman–Crippen LogP) is 4.21. The average molecular weight is 155 g/mol. The van der Waals surface area contributed by atoms with E-state index in [0.717, 1.165) is 5.92 Å². The van der Waals surface area contributed by atoms with Gasteiger partial charge in [-0.15, -0.1) is 0 Å². The zero-order valence-electron chi connectivity index (χ0n) is 8.40. The molecular formula is C11H23. The molecule has 0 aromatic rings. The van der Waals surface area contributed by atoms with Crippen molar-refractivity contribution < 1.29 is 0 Å². The van der Waals surface area contributed by atoms with Crippen LogP contribution in [0.3, 0.4) is 0 Å². The first kappa shape index (κ1) is 11.0. The normalized spacial score (nSPS) is 10.9. The van der Waals surface area contributed by atoms with Crippen molar-refractivity contribution in [2.24, 2.45) is 5.92 Å². The smallest absolute Gasteiger partial charge is 0.0386 e. The van der Waals surface area contributed by atoms with Crippen LogP contribution in [0.2, 0.25) is 0 Å². The lowest BCUT2D eigenvalue weighted by molar-refractivity contribution is 0.534. The van der Waals surface area contributed by atoms with Crippen molar-refractivity contribution in [1.82, 2.24) is 0 Å². The number of hydrogen-bond acceptors (Lipinski definition) is 0. The number of rotatable bonds is 7. The Labute approximate surface area is 72.4 Å². The van der Waals surface area contributed by atoms with E-state index >= 15 is 0 Å². The van der Waals surface area contributed by atoms with Gasteiger partial charge < -0.3 is 0 Å². The van der Waals surface area contributed by atoms with Crippen LogP contribution < -0.4 is 0 Å². The van der Waals surface area contributed by atoms with Crippen LogP contribution in [0.1, 0.15) is 59.3 Å². The summed E-state index contributed by atoms with van der Waals surface area (Å²) in [4.78, 5) is 0. The fraction of sp³-hybridized carbons (Fsp3) is 0.909. The van der Waals surface area contributed by atoms with Crippen molar-refractivity contribution in [3.63, 3.8) is 0 Å². The molecule has 0 saturated heterocycles. The van der Waals surface area contributed by atoms with Crippen LogP contribution in [-0.2, 0) is 0 Å². The molecule has 0 aliphatic rings.